The lowest BCUT2D eigenvalue weighted by atomic mass is 9.95. The summed E-state index contributed by atoms with van der Waals surface area (Å²) in [5.74, 6) is 0. The number of aromatic nitrogens is 1. The topological polar surface area (TPSA) is 24.9 Å². The van der Waals surface area contributed by atoms with Gasteiger partial charge in [0, 0.05) is 22.5 Å². The Kier molecular flexibility index (Phi) is 4.07. The normalized spacial score (nSPS) is 11.6. The summed E-state index contributed by atoms with van der Waals surface area (Å²) in [6.45, 7) is 7.57. The average molecular weight is 325 g/mol. The zero-order valence-corrected chi connectivity index (χ0v) is 13.2. The van der Waals surface area contributed by atoms with Crippen molar-refractivity contribution in [3.63, 3.8) is 0 Å². The maximum Gasteiger partial charge on any atom is 0.129 e. The molecule has 2 aromatic rings. The lowest BCUT2D eigenvalue weighted by Gasteiger charge is -2.15. The molecule has 2 aromatic heterocycles. The first kappa shape index (κ1) is 13.6. The Bertz CT molecular complexity index is 529. The zero-order valence-electron chi connectivity index (χ0n) is 10.8. The van der Waals surface area contributed by atoms with Gasteiger partial charge in [-0.05, 0) is 45.6 Å². The quantitative estimate of drug-likeness (QED) is 0.819. The number of hydrogen-bond acceptors (Lipinski definition) is 3. The third-order valence-electron chi connectivity index (χ3n) is 2.61. The van der Waals surface area contributed by atoms with Gasteiger partial charge in [0.25, 0.3) is 0 Å². The van der Waals surface area contributed by atoms with Gasteiger partial charge in [0.2, 0.25) is 0 Å². The van der Waals surface area contributed by atoms with Gasteiger partial charge in [-0.25, -0.2) is 4.98 Å². The van der Waals surface area contributed by atoms with Gasteiger partial charge in [-0.1, -0.05) is 20.8 Å². The molecule has 0 aliphatic carbocycles. The minimum atomic E-state index is 0.234. The van der Waals surface area contributed by atoms with Crippen molar-refractivity contribution in [2.45, 2.75) is 32.7 Å². The maximum atomic E-state index is 4.19. The summed E-state index contributed by atoms with van der Waals surface area (Å²) >= 11 is 5.30. The Balaban J connectivity index is 2.03. The molecule has 0 aromatic carbocycles. The van der Waals surface area contributed by atoms with E-state index in [4.69, 9.17) is 0 Å². The van der Waals surface area contributed by atoms with E-state index in [0.717, 1.165) is 16.8 Å². The van der Waals surface area contributed by atoms with Crippen LogP contribution in [0.5, 0.6) is 0 Å². The molecule has 0 radical (unpaired) electrons. The number of anilines is 1. The van der Waals surface area contributed by atoms with Gasteiger partial charge in [0.15, 0.2) is 0 Å². The van der Waals surface area contributed by atoms with Crippen LogP contribution in [0.1, 0.15) is 30.5 Å². The first-order chi connectivity index (χ1) is 8.47. The molecule has 0 saturated carbocycles. The summed E-state index contributed by atoms with van der Waals surface area (Å²) in [5.41, 5.74) is 1.26. The lowest BCUT2D eigenvalue weighted by molar-refractivity contribution is 0.604. The van der Waals surface area contributed by atoms with Crippen LogP contribution in [-0.2, 0) is 12.0 Å². The van der Waals surface area contributed by atoms with E-state index in [-0.39, 0.29) is 5.41 Å². The Morgan fingerprint density at radius 3 is 2.67 bits per heavy atom. The molecule has 0 aliphatic heterocycles. The molecule has 0 amide bonds. The highest BCUT2D eigenvalue weighted by atomic mass is 79.9. The molecular formula is C14H17BrN2S. The second-order valence-corrected chi connectivity index (χ2v) is 7.13. The van der Waals surface area contributed by atoms with Crippen LogP contribution in [0.25, 0.3) is 0 Å². The highest BCUT2D eigenvalue weighted by molar-refractivity contribution is 9.10. The molecule has 96 valence electrons. The van der Waals surface area contributed by atoms with Crippen LogP contribution in [0.15, 0.2) is 35.1 Å². The largest absolute Gasteiger partial charge is 0.378 e. The van der Waals surface area contributed by atoms with Crippen molar-refractivity contribution in [2.24, 2.45) is 0 Å². The van der Waals surface area contributed by atoms with E-state index in [1.165, 1.54) is 9.75 Å². The summed E-state index contributed by atoms with van der Waals surface area (Å²) in [6.07, 6.45) is 1.78. The Morgan fingerprint density at radius 2 is 2.06 bits per heavy atom. The Hall–Kier alpha value is -0.870. The van der Waals surface area contributed by atoms with Crippen molar-refractivity contribution < 1.29 is 0 Å². The van der Waals surface area contributed by atoms with E-state index >= 15 is 0 Å². The van der Waals surface area contributed by atoms with E-state index < -0.39 is 0 Å². The van der Waals surface area contributed by atoms with Crippen LogP contribution < -0.4 is 5.32 Å². The van der Waals surface area contributed by atoms with Crippen LogP contribution in [0.3, 0.4) is 0 Å². The van der Waals surface area contributed by atoms with E-state index in [1.807, 2.05) is 23.5 Å². The molecule has 2 heterocycles. The minimum Gasteiger partial charge on any atom is -0.378 e. The van der Waals surface area contributed by atoms with E-state index in [9.17, 15) is 0 Å². The molecule has 0 spiro atoms. The van der Waals surface area contributed by atoms with Gasteiger partial charge in [-0.15, -0.1) is 11.3 Å². The van der Waals surface area contributed by atoms with Gasteiger partial charge in [-0.2, -0.15) is 0 Å². The molecular weight excluding hydrogens is 308 g/mol. The van der Waals surface area contributed by atoms with Gasteiger partial charge in [-0.3, -0.25) is 0 Å². The van der Waals surface area contributed by atoms with Crippen LogP contribution in [0.2, 0.25) is 0 Å². The van der Waals surface area contributed by atoms with Crippen molar-refractivity contribution in [1.29, 1.82) is 0 Å². The van der Waals surface area contributed by atoms with Crippen molar-refractivity contribution in [3.05, 3.63) is 44.8 Å². The molecule has 0 atom stereocenters. The number of rotatable bonds is 3. The highest BCUT2D eigenvalue weighted by Crippen LogP contribution is 2.30. The van der Waals surface area contributed by atoms with Crippen molar-refractivity contribution in [1.82, 2.24) is 4.98 Å². The molecule has 2 rings (SSSR count). The SMILES string of the molecule is CC(C)(C)c1ccc(CNc2cccnc2Br)s1. The average Bonchev–Trinajstić information content (AvgIpc) is 2.76. The predicted octanol–water partition coefficient (Wildman–Crippen LogP) is 4.82. The summed E-state index contributed by atoms with van der Waals surface area (Å²) in [6, 6.07) is 8.37. The molecule has 18 heavy (non-hydrogen) atoms. The smallest absolute Gasteiger partial charge is 0.129 e. The third kappa shape index (κ3) is 3.33. The molecule has 0 aliphatic rings. The second-order valence-electron chi connectivity index (χ2n) is 5.21. The standard InChI is InChI=1S/C14H17BrN2S/c1-14(2,3)12-7-6-10(18-12)9-17-11-5-4-8-16-13(11)15/h4-8,17H,9H2,1-3H3. The second kappa shape index (κ2) is 5.41. The molecule has 1 N–H and O–H groups in total. The van der Waals surface area contributed by atoms with Gasteiger partial charge in [0.1, 0.15) is 4.60 Å². The predicted molar refractivity (Wildman–Crippen MR) is 82.3 cm³/mol. The van der Waals surface area contributed by atoms with E-state index in [1.54, 1.807) is 6.20 Å². The Morgan fingerprint density at radius 1 is 1.28 bits per heavy atom. The summed E-state index contributed by atoms with van der Waals surface area (Å²) in [7, 11) is 0. The molecule has 4 heteroatoms. The van der Waals surface area contributed by atoms with Crippen LogP contribution in [-0.4, -0.2) is 4.98 Å². The number of halogens is 1. The monoisotopic (exact) mass is 324 g/mol. The van der Waals surface area contributed by atoms with Gasteiger partial charge in [0.05, 0.1) is 5.69 Å². The van der Waals surface area contributed by atoms with Crippen LogP contribution in [0, 0.1) is 0 Å². The number of pyridine rings is 1. The maximum absolute atomic E-state index is 4.19. The van der Waals surface area contributed by atoms with Gasteiger partial charge >= 0.3 is 0 Å². The number of nitrogens with one attached hydrogen (secondary N) is 1. The van der Waals surface area contributed by atoms with E-state index in [2.05, 4.69) is 59.1 Å². The Labute approximate surface area is 121 Å². The third-order valence-corrected chi connectivity index (χ3v) is 4.76. The van der Waals surface area contributed by atoms with E-state index in [0.29, 0.717) is 0 Å². The number of hydrogen-bond donors (Lipinski definition) is 1. The van der Waals surface area contributed by atoms with Crippen molar-refractivity contribution in [3.8, 4) is 0 Å². The first-order valence-corrected chi connectivity index (χ1v) is 7.51. The molecule has 0 saturated heterocycles. The molecule has 0 fully saturated rings. The summed E-state index contributed by atoms with van der Waals surface area (Å²) in [4.78, 5) is 6.96. The highest BCUT2D eigenvalue weighted by Gasteiger charge is 2.15. The van der Waals surface area contributed by atoms with Crippen LogP contribution in [0.4, 0.5) is 5.69 Å². The first-order valence-electron chi connectivity index (χ1n) is 5.90. The summed E-state index contributed by atoms with van der Waals surface area (Å²) < 4.78 is 0.859. The van der Waals surface area contributed by atoms with Crippen molar-refractivity contribution in [2.75, 3.05) is 5.32 Å². The van der Waals surface area contributed by atoms with Crippen LogP contribution >= 0.6 is 27.3 Å². The van der Waals surface area contributed by atoms with Gasteiger partial charge < -0.3 is 5.32 Å². The minimum absolute atomic E-state index is 0.234. The number of nitrogens with zero attached hydrogens (tertiary/aromatic N) is 1. The molecule has 0 bridgehead atoms. The fourth-order valence-electron chi connectivity index (χ4n) is 1.58. The molecule has 2 nitrogen and oxygen atoms in total. The molecule has 0 unspecified atom stereocenters. The number of thiophene rings is 1. The zero-order chi connectivity index (χ0) is 13.2. The fraction of sp³-hybridized carbons (Fsp3) is 0.357. The van der Waals surface area contributed by atoms with Crippen molar-refractivity contribution >= 4 is 33.0 Å². The fourth-order valence-corrected chi connectivity index (χ4v) is 2.97. The summed E-state index contributed by atoms with van der Waals surface area (Å²) in [5, 5.41) is 3.40. The lowest BCUT2D eigenvalue weighted by Crippen LogP contribution is -2.07.